The molecule has 8 unspecified atom stereocenters. The van der Waals surface area contributed by atoms with Crippen molar-refractivity contribution in [3.05, 3.63) is 35.5 Å². The van der Waals surface area contributed by atoms with Crippen LogP contribution in [0.4, 0.5) is 0 Å². The van der Waals surface area contributed by atoms with Crippen LogP contribution in [0.15, 0.2) is 35.5 Å². The fourth-order valence-electron chi connectivity index (χ4n) is 20.7. The minimum atomic E-state index is 0.0614. The molecule has 74 heavy (non-hydrogen) atoms. The molecule has 0 N–H and O–H groups in total. The molecular formula is C72H122O2. The summed E-state index contributed by atoms with van der Waals surface area (Å²) in [6.07, 6.45) is 60.3. The van der Waals surface area contributed by atoms with Crippen molar-refractivity contribution >= 4 is 5.97 Å². The van der Waals surface area contributed by atoms with Crippen molar-refractivity contribution in [1.29, 1.82) is 0 Å². The zero-order valence-corrected chi connectivity index (χ0v) is 50.9. The average Bonchev–Trinajstić information content (AvgIpc) is 3.92. The minimum absolute atomic E-state index is 0.0614. The Balaban J connectivity index is 0.616. The van der Waals surface area contributed by atoms with Gasteiger partial charge in [0, 0.05) is 12.8 Å². The summed E-state index contributed by atoms with van der Waals surface area (Å²) in [6.45, 7) is 25.6. The summed E-state index contributed by atoms with van der Waals surface area (Å²) in [5, 5.41) is 0. The molecule has 0 radical (unpaired) electrons. The first-order chi connectivity index (χ1) is 35.6. The maximum absolute atomic E-state index is 13.0. The van der Waals surface area contributed by atoms with Crippen molar-refractivity contribution < 1.29 is 9.53 Å². The number of esters is 1. The summed E-state index contributed by atoms with van der Waals surface area (Å²) in [5.74, 6) is 11.9. The Hall–Kier alpha value is -1.31. The van der Waals surface area contributed by atoms with Crippen LogP contribution in [0.1, 0.15) is 307 Å². The van der Waals surface area contributed by atoms with Gasteiger partial charge in [-0.2, -0.15) is 0 Å². The van der Waals surface area contributed by atoms with E-state index in [0.29, 0.717) is 28.1 Å². The van der Waals surface area contributed by atoms with Crippen LogP contribution < -0.4 is 0 Å². The normalized spacial score (nSPS) is 38.4. The summed E-state index contributed by atoms with van der Waals surface area (Å²) in [7, 11) is 0. The van der Waals surface area contributed by atoms with Crippen molar-refractivity contribution in [2.75, 3.05) is 0 Å². The lowest BCUT2D eigenvalue weighted by atomic mass is 9.46. The van der Waals surface area contributed by atoms with E-state index in [4.69, 9.17) is 4.74 Å². The Bertz CT molecular complexity index is 1830. The van der Waals surface area contributed by atoms with E-state index in [-0.39, 0.29) is 12.1 Å². The number of carbonyl (C=O) groups is 1. The topological polar surface area (TPSA) is 26.3 Å². The van der Waals surface area contributed by atoms with Crippen LogP contribution in [0.25, 0.3) is 0 Å². The van der Waals surface area contributed by atoms with E-state index in [2.05, 4.69) is 93.5 Å². The predicted octanol–water partition coefficient (Wildman–Crippen LogP) is 22.0. The second-order valence-electron chi connectivity index (χ2n) is 30.5. The van der Waals surface area contributed by atoms with Gasteiger partial charge >= 0.3 is 5.97 Å². The lowest BCUT2D eigenvalue weighted by Gasteiger charge is -2.58. The van der Waals surface area contributed by atoms with Crippen LogP contribution in [0.2, 0.25) is 0 Å². The molecule has 2 heteroatoms. The third-order valence-corrected chi connectivity index (χ3v) is 25.1. The monoisotopic (exact) mass is 1020 g/mol. The second kappa shape index (κ2) is 26.8. The van der Waals surface area contributed by atoms with Crippen LogP contribution in [0.3, 0.4) is 0 Å². The summed E-state index contributed by atoms with van der Waals surface area (Å²) < 4.78 is 6.21. The molecule has 8 aliphatic rings. The number of unbranched alkanes of at least 4 members (excludes halogenated alkanes) is 11. The molecule has 6 saturated carbocycles. The molecule has 6 fully saturated rings. The fourth-order valence-corrected chi connectivity index (χ4v) is 20.7. The molecule has 0 aromatic rings. The van der Waals surface area contributed by atoms with Gasteiger partial charge < -0.3 is 4.74 Å². The van der Waals surface area contributed by atoms with Crippen molar-refractivity contribution in [3.8, 4) is 0 Å². The van der Waals surface area contributed by atoms with Gasteiger partial charge in [-0.15, -0.1) is 0 Å². The maximum Gasteiger partial charge on any atom is 0.306 e. The third-order valence-electron chi connectivity index (χ3n) is 25.1. The fraction of sp³-hybridized carbons (Fsp3) is 0.903. The number of allylic oxidation sites excluding steroid dienone is 5. The largest absolute Gasteiger partial charge is 0.462 e. The van der Waals surface area contributed by atoms with Crippen molar-refractivity contribution in [1.82, 2.24) is 0 Å². The highest BCUT2D eigenvalue weighted by molar-refractivity contribution is 5.69. The quantitative estimate of drug-likeness (QED) is 0.0443. The second-order valence-corrected chi connectivity index (χ2v) is 30.5. The van der Waals surface area contributed by atoms with Crippen LogP contribution in [-0.4, -0.2) is 12.1 Å². The van der Waals surface area contributed by atoms with E-state index in [1.807, 2.05) is 5.57 Å². The molecule has 0 saturated heterocycles. The van der Waals surface area contributed by atoms with Gasteiger partial charge in [-0.3, -0.25) is 4.79 Å². The van der Waals surface area contributed by atoms with Crippen LogP contribution in [0, 0.1) is 98.6 Å². The van der Waals surface area contributed by atoms with Crippen LogP contribution >= 0.6 is 0 Å². The minimum Gasteiger partial charge on any atom is -0.462 e. The van der Waals surface area contributed by atoms with Gasteiger partial charge in [0.2, 0.25) is 0 Å². The van der Waals surface area contributed by atoms with Crippen LogP contribution in [0.5, 0.6) is 0 Å². The van der Waals surface area contributed by atoms with Gasteiger partial charge in [-0.1, -0.05) is 201 Å². The number of hydrogen-bond acceptors (Lipinski definition) is 2. The van der Waals surface area contributed by atoms with E-state index in [1.165, 1.54) is 205 Å². The van der Waals surface area contributed by atoms with Gasteiger partial charge in [0.1, 0.15) is 6.10 Å². The summed E-state index contributed by atoms with van der Waals surface area (Å²) in [6, 6.07) is 0. The number of ether oxygens (including phenoxy) is 1. The highest BCUT2D eigenvalue weighted by Gasteiger charge is 2.61. The summed E-state index contributed by atoms with van der Waals surface area (Å²) in [4.78, 5) is 13.0. The van der Waals surface area contributed by atoms with Gasteiger partial charge in [0.05, 0.1) is 0 Å². The number of rotatable bonds is 28. The average molecular weight is 1020 g/mol. The molecule has 0 aliphatic heterocycles. The molecule has 0 bridgehead atoms. The first-order valence-electron chi connectivity index (χ1n) is 33.8. The molecule has 8 rings (SSSR count). The van der Waals surface area contributed by atoms with E-state index in [9.17, 15) is 4.79 Å². The van der Waals surface area contributed by atoms with E-state index < -0.39 is 0 Å². The van der Waals surface area contributed by atoms with Crippen molar-refractivity contribution in [3.63, 3.8) is 0 Å². The molecule has 2 nitrogen and oxygen atoms in total. The standard InChI is InChI=1S/C72H122O2/c1-52(2)28-26-30-54(5)62-38-40-64-60-36-34-57-50-56(42-46-69(57,7)66(60)44-48-71(62,64)9)32-24-22-20-18-16-14-12-11-13-15-17-19-21-23-25-33-68(73)74-59-43-47-70(8)58(51-59)35-37-61-65-41-39-63(55(6)31-27-29-53(3)4)72(65,10)49-45-67(61)70/h11,13,34-35,52-56,59-67H,12,14-33,36-51H2,1-10H3/b13-11-/t54-,55-,56?,59?,60?,61?,62-,63-,64?,65?,66?,67?,69+,70+,71-,72-/m1/s1. The lowest BCUT2D eigenvalue weighted by molar-refractivity contribution is -0.151. The molecule has 16 atom stereocenters. The maximum atomic E-state index is 13.0. The Kier molecular flexibility index (Phi) is 21.3. The smallest absolute Gasteiger partial charge is 0.306 e. The van der Waals surface area contributed by atoms with E-state index in [1.54, 1.807) is 5.57 Å². The Morgan fingerprint density at radius 1 is 0.514 bits per heavy atom. The molecule has 0 aromatic carbocycles. The van der Waals surface area contributed by atoms with Crippen LogP contribution in [-0.2, 0) is 9.53 Å². The highest BCUT2D eigenvalue weighted by atomic mass is 16.5. The number of carbonyl (C=O) groups excluding carboxylic acids is 1. The van der Waals surface area contributed by atoms with Gasteiger partial charge in [-0.25, -0.2) is 0 Å². The summed E-state index contributed by atoms with van der Waals surface area (Å²) in [5.41, 5.74) is 5.55. The molecule has 0 amide bonds. The Labute approximate surface area is 460 Å². The van der Waals surface area contributed by atoms with Crippen molar-refractivity contribution in [2.45, 2.75) is 313 Å². The summed E-state index contributed by atoms with van der Waals surface area (Å²) >= 11 is 0. The molecular weight excluding hydrogens is 897 g/mol. The Morgan fingerprint density at radius 2 is 0.986 bits per heavy atom. The number of hydrogen-bond donors (Lipinski definition) is 0. The van der Waals surface area contributed by atoms with Crippen molar-refractivity contribution in [2.24, 2.45) is 98.6 Å². The van der Waals surface area contributed by atoms with Gasteiger partial charge in [0.15, 0.2) is 0 Å². The first-order valence-corrected chi connectivity index (χ1v) is 33.8. The Morgan fingerprint density at radius 3 is 1.51 bits per heavy atom. The van der Waals surface area contributed by atoms with Gasteiger partial charge in [-0.05, 0) is 227 Å². The molecule has 0 aromatic heterocycles. The zero-order valence-electron chi connectivity index (χ0n) is 50.9. The first kappa shape index (κ1) is 58.8. The molecule has 422 valence electrons. The molecule has 0 spiro atoms. The molecule has 8 aliphatic carbocycles. The zero-order chi connectivity index (χ0) is 52.5. The third kappa shape index (κ3) is 13.6. The lowest BCUT2D eigenvalue weighted by Crippen LogP contribution is -2.51. The highest BCUT2D eigenvalue weighted by Crippen LogP contribution is 2.69. The van der Waals surface area contributed by atoms with E-state index in [0.717, 1.165) is 103 Å². The molecule has 0 heterocycles. The SMILES string of the molecule is CC(C)CCC[C@@H](C)[C@H]1CCC2C3CC=C4CC(CCCCCCCC/C=C\CCCCCCCC(=O)OC5CC[C@@]6(C)C(=CCC7C6CC[C@@]6(C)C7CC[C@@H]6[C@H](C)CCCC(C)C)C5)CC[C@]4(C)C3CC[C@@]21C. The number of fused-ring (bicyclic) bond motifs is 10. The van der Waals surface area contributed by atoms with E-state index >= 15 is 0 Å². The van der Waals surface area contributed by atoms with Gasteiger partial charge in [0.25, 0.3) is 0 Å². The predicted molar refractivity (Wildman–Crippen MR) is 318 cm³/mol.